The summed E-state index contributed by atoms with van der Waals surface area (Å²) in [5.74, 6) is 0.781. The van der Waals surface area contributed by atoms with Crippen LogP contribution in [0.3, 0.4) is 0 Å². The molecule has 5 nitrogen and oxygen atoms in total. The van der Waals surface area contributed by atoms with Crippen LogP contribution in [-0.4, -0.2) is 36.3 Å². The van der Waals surface area contributed by atoms with Crippen LogP contribution in [0.15, 0.2) is 42.5 Å². The van der Waals surface area contributed by atoms with E-state index in [1.807, 2.05) is 18.2 Å². The topological polar surface area (TPSA) is 61.4 Å². The summed E-state index contributed by atoms with van der Waals surface area (Å²) in [5, 5.41) is 5.78. The SMILES string of the molecule is Cc1ccc(CC2CCN(CCC(=O)Nc3ccc4c(c3)CC(=O)N4)CC2)cc1. The first-order valence-electron chi connectivity index (χ1n) is 10.6. The highest BCUT2D eigenvalue weighted by Crippen LogP contribution is 2.26. The van der Waals surface area contributed by atoms with Crippen LogP contribution >= 0.6 is 0 Å². The molecular formula is C24H29N3O2. The molecule has 0 unspecified atom stereocenters. The minimum Gasteiger partial charge on any atom is -0.326 e. The van der Waals surface area contributed by atoms with Crippen LogP contribution < -0.4 is 10.6 Å². The highest BCUT2D eigenvalue weighted by atomic mass is 16.2. The van der Waals surface area contributed by atoms with Gasteiger partial charge >= 0.3 is 0 Å². The number of carbonyl (C=O) groups is 2. The molecule has 29 heavy (non-hydrogen) atoms. The Kier molecular flexibility index (Phi) is 5.95. The molecule has 2 amide bonds. The molecule has 0 spiro atoms. The Morgan fingerprint density at radius 2 is 1.90 bits per heavy atom. The number of nitrogens with one attached hydrogen (secondary N) is 2. The van der Waals surface area contributed by atoms with E-state index in [9.17, 15) is 9.59 Å². The van der Waals surface area contributed by atoms with E-state index in [1.54, 1.807) is 0 Å². The third-order valence-corrected chi connectivity index (χ3v) is 6.02. The van der Waals surface area contributed by atoms with Crippen LogP contribution in [0.5, 0.6) is 0 Å². The molecule has 0 bridgehead atoms. The Labute approximate surface area is 172 Å². The molecule has 0 saturated carbocycles. The van der Waals surface area contributed by atoms with Crippen LogP contribution in [0.25, 0.3) is 0 Å². The van der Waals surface area contributed by atoms with Crippen molar-refractivity contribution in [3.8, 4) is 0 Å². The van der Waals surface area contributed by atoms with E-state index >= 15 is 0 Å². The molecular weight excluding hydrogens is 362 g/mol. The molecule has 2 aliphatic heterocycles. The van der Waals surface area contributed by atoms with E-state index in [-0.39, 0.29) is 11.8 Å². The number of aryl methyl sites for hydroxylation is 1. The summed E-state index contributed by atoms with van der Waals surface area (Å²) in [4.78, 5) is 26.2. The van der Waals surface area contributed by atoms with Gasteiger partial charge in [-0.05, 0) is 74.5 Å². The zero-order valence-electron chi connectivity index (χ0n) is 17.0. The smallest absolute Gasteiger partial charge is 0.228 e. The van der Waals surface area contributed by atoms with E-state index in [0.717, 1.165) is 48.9 Å². The molecule has 2 aromatic carbocycles. The van der Waals surface area contributed by atoms with Crippen LogP contribution in [0, 0.1) is 12.8 Å². The number of hydrogen-bond donors (Lipinski definition) is 2. The van der Waals surface area contributed by atoms with Gasteiger partial charge in [-0.15, -0.1) is 0 Å². The lowest BCUT2D eigenvalue weighted by Gasteiger charge is -2.31. The number of anilines is 2. The van der Waals surface area contributed by atoms with Gasteiger partial charge in [0.1, 0.15) is 0 Å². The van der Waals surface area contributed by atoms with Crippen molar-refractivity contribution in [2.24, 2.45) is 5.92 Å². The van der Waals surface area contributed by atoms with Crippen LogP contribution in [0.1, 0.15) is 36.0 Å². The molecule has 1 saturated heterocycles. The van der Waals surface area contributed by atoms with Gasteiger partial charge in [-0.1, -0.05) is 29.8 Å². The summed E-state index contributed by atoms with van der Waals surface area (Å²) in [6.07, 6.45) is 4.43. The third-order valence-electron chi connectivity index (χ3n) is 6.02. The van der Waals surface area contributed by atoms with Crippen molar-refractivity contribution in [2.45, 2.75) is 39.0 Å². The van der Waals surface area contributed by atoms with E-state index in [0.29, 0.717) is 12.8 Å². The number of hydrogen-bond acceptors (Lipinski definition) is 3. The summed E-state index contributed by atoms with van der Waals surface area (Å²) < 4.78 is 0. The van der Waals surface area contributed by atoms with E-state index in [4.69, 9.17) is 0 Å². The fraction of sp³-hybridized carbons (Fsp3) is 0.417. The van der Waals surface area contributed by atoms with Gasteiger partial charge in [-0.25, -0.2) is 0 Å². The Bertz CT molecular complexity index is 883. The number of likely N-dealkylation sites (tertiary alicyclic amines) is 1. The number of piperidine rings is 1. The molecule has 0 atom stereocenters. The molecule has 2 heterocycles. The number of benzene rings is 2. The predicted octanol–water partition coefficient (Wildman–Crippen LogP) is 3.77. The predicted molar refractivity (Wildman–Crippen MR) is 116 cm³/mol. The quantitative estimate of drug-likeness (QED) is 0.788. The highest BCUT2D eigenvalue weighted by molar-refractivity contribution is 6.00. The zero-order valence-corrected chi connectivity index (χ0v) is 17.0. The molecule has 152 valence electrons. The molecule has 4 rings (SSSR count). The number of nitrogens with zero attached hydrogens (tertiary/aromatic N) is 1. The maximum absolute atomic E-state index is 12.3. The number of fused-ring (bicyclic) bond motifs is 1. The standard InChI is InChI=1S/C24H29N3O2/c1-17-2-4-18(5-3-17)14-19-8-11-27(12-9-19)13-10-23(28)25-21-6-7-22-20(15-21)16-24(29)26-22/h2-7,15,19H,8-14,16H2,1H3,(H,25,28)(H,26,29). The molecule has 2 aromatic rings. The lowest BCUT2D eigenvalue weighted by atomic mass is 9.90. The Morgan fingerprint density at radius 1 is 1.14 bits per heavy atom. The van der Waals surface area contributed by atoms with Gasteiger partial charge in [0.25, 0.3) is 0 Å². The Hall–Kier alpha value is -2.66. The van der Waals surface area contributed by atoms with Crippen LogP contribution in [0.4, 0.5) is 11.4 Å². The molecule has 1 fully saturated rings. The fourth-order valence-electron chi connectivity index (χ4n) is 4.26. The molecule has 2 N–H and O–H groups in total. The van der Waals surface area contributed by atoms with Gasteiger partial charge in [0.2, 0.25) is 11.8 Å². The Balaban J connectivity index is 1.18. The second-order valence-electron chi connectivity index (χ2n) is 8.37. The number of rotatable bonds is 6. The zero-order chi connectivity index (χ0) is 20.2. The normalized spacial score (nSPS) is 17.1. The summed E-state index contributed by atoms with van der Waals surface area (Å²) in [6, 6.07) is 14.5. The van der Waals surface area contributed by atoms with Gasteiger partial charge in [0, 0.05) is 24.3 Å². The van der Waals surface area contributed by atoms with E-state index in [1.165, 1.54) is 24.0 Å². The van der Waals surface area contributed by atoms with Crippen molar-refractivity contribution < 1.29 is 9.59 Å². The maximum atomic E-state index is 12.3. The summed E-state index contributed by atoms with van der Waals surface area (Å²) in [5.41, 5.74) is 5.30. The summed E-state index contributed by atoms with van der Waals surface area (Å²) >= 11 is 0. The minimum atomic E-state index is 0.00857. The monoisotopic (exact) mass is 391 g/mol. The first-order valence-corrected chi connectivity index (χ1v) is 10.6. The molecule has 0 aromatic heterocycles. The van der Waals surface area contributed by atoms with Gasteiger partial charge < -0.3 is 15.5 Å². The average Bonchev–Trinajstić information content (AvgIpc) is 3.08. The largest absolute Gasteiger partial charge is 0.326 e. The van der Waals surface area contributed by atoms with Gasteiger partial charge in [-0.2, -0.15) is 0 Å². The highest BCUT2D eigenvalue weighted by Gasteiger charge is 2.21. The minimum absolute atomic E-state index is 0.00857. The molecule has 0 aliphatic carbocycles. The van der Waals surface area contributed by atoms with E-state index in [2.05, 4.69) is 46.7 Å². The van der Waals surface area contributed by atoms with Crippen molar-refractivity contribution in [1.29, 1.82) is 0 Å². The van der Waals surface area contributed by atoms with Crippen molar-refractivity contribution in [3.63, 3.8) is 0 Å². The average molecular weight is 392 g/mol. The first kappa shape index (κ1) is 19.6. The lowest BCUT2D eigenvalue weighted by Crippen LogP contribution is -2.36. The second kappa shape index (κ2) is 8.78. The van der Waals surface area contributed by atoms with Crippen LogP contribution in [-0.2, 0) is 22.4 Å². The molecule has 0 radical (unpaired) electrons. The summed E-state index contributed by atoms with van der Waals surface area (Å²) in [6.45, 7) is 5.06. The first-order chi connectivity index (χ1) is 14.0. The summed E-state index contributed by atoms with van der Waals surface area (Å²) in [7, 11) is 0. The number of amides is 2. The lowest BCUT2D eigenvalue weighted by molar-refractivity contribution is -0.116. The second-order valence-corrected chi connectivity index (χ2v) is 8.37. The van der Waals surface area contributed by atoms with Gasteiger partial charge in [-0.3, -0.25) is 9.59 Å². The van der Waals surface area contributed by atoms with Gasteiger partial charge in [0.15, 0.2) is 0 Å². The number of carbonyl (C=O) groups excluding carboxylic acids is 2. The maximum Gasteiger partial charge on any atom is 0.228 e. The fourth-order valence-corrected chi connectivity index (χ4v) is 4.26. The Morgan fingerprint density at radius 3 is 2.66 bits per heavy atom. The molecule has 2 aliphatic rings. The van der Waals surface area contributed by atoms with Crippen molar-refractivity contribution in [1.82, 2.24) is 4.90 Å². The third kappa shape index (κ3) is 5.24. The molecule has 5 heteroatoms. The van der Waals surface area contributed by atoms with Crippen molar-refractivity contribution in [3.05, 3.63) is 59.2 Å². The van der Waals surface area contributed by atoms with Crippen molar-refractivity contribution >= 4 is 23.2 Å². The van der Waals surface area contributed by atoms with Crippen molar-refractivity contribution in [2.75, 3.05) is 30.3 Å². The van der Waals surface area contributed by atoms with Gasteiger partial charge in [0.05, 0.1) is 6.42 Å². The van der Waals surface area contributed by atoms with E-state index < -0.39 is 0 Å². The van der Waals surface area contributed by atoms with Crippen LogP contribution in [0.2, 0.25) is 0 Å².